The Morgan fingerprint density at radius 1 is 0.828 bits per heavy atom. The molecule has 0 aliphatic rings. The Bertz CT molecular complexity index is 1060. The van der Waals surface area contributed by atoms with Crippen LogP contribution in [0.5, 0.6) is 0 Å². The number of nitrogens with one attached hydrogen (secondary N) is 2. The summed E-state index contributed by atoms with van der Waals surface area (Å²) in [4.78, 5) is 16.6. The van der Waals surface area contributed by atoms with Crippen molar-refractivity contribution >= 4 is 11.7 Å². The number of benzene rings is 3. The molecule has 2 N–H and O–H groups in total. The number of carbonyl (C=O) groups excluding carboxylic acids is 1. The molecule has 144 valence electrons. The second kappa shape index (κ2) is 8.89. The van der Waals surface area contributed by atoms with Crippen molar-refractivity contribution in [2.24, 2.45) is 0 Å². The van der Waals surface area contributed by atoms with Crippen molar-refractivity contribution in [2.75, 3.05) is 11.9 Å². The maximum absolute atomic E-state index is 12.1. The van der Waals surface area contributed by atoms with E-state index in [2.05, 4.69) is 15.6 Å². The van der Waals surface area contributed by atoms with E-state index in [1.54, 1.807) is 6.26 Å². The zero-order valence-corrected chi connectivity index (χ0v) is 15.8. The summed E-state index contributed by atoms with van der Waals surface area (Å²) in [7, 11) is 0. The molecule has 0 saturated heterocycles. The Morgan fingerprint density at radius 3 is 2.24 bits per heavy atom. The lowest BCUT2D eigenvalue weighted by molar-refractivity contribution is 0.252. The van der Waals surface area contributed by atoms with E-state index in [9.17, 15) is 4.79 Å². The SMILES string of the molecule is O=C(NCCc1ccccc1)Nc1ccc(-c2nc(-c3ccccc3)co2)cc1. The molecule has 0 fully saturated rings. The molecule has 0 bridgehead atoms. The predicted octanol–water partition coefficient (Wildman–Crippen LogP) is 5.37. The molecule has 0 unspecified atom stereocenters. The van der Waals surface area contributed by atoms with Crippen LogP contribution in [0.25, 0.3) is 22.7 Å². The zero-order chi connectivity index (χ0) is 19.9. The topological polar surface area (TPSA) is 67.2 Å². The molecule has 2 amide bonds. The van der Waals surface area contributed by atoms with Gasteiger partial charge in [0.25, 0.3) is 0 Å². The van der Waals surface area contributed by atoms with E-state index in [-0.39, 0.29) is 6.03 Å². The maximum Gasteiger partial charge on any atom is 0.319 e. The van der Waals surface area contributed by atoms with Crippen molar-refractivity contribution in [1.82, 2.24) is 10.3 Å². The Balaban J connectivity index is 1.32. The number of amides is 2. The number of hydrogen-bond acceptors (Lipinski definition) is 3. The van der Waals surface area contributed by atoms with Crippen LogP contribution in [0.4, 0.5) is 10.5 Å². The Labute approximate surface area is 169 Å². The second-order valence-electron chi connectivity index (χ2n) is 6.60. The molecule has 0 radical (unpaired) electrons. The monoisotopic (exact) mass is 383 g/mol. The third kappa shape index (κ3) is 4.90. The largest absolute Gasteiger partial charge is 0.444 e. The molecule has 5 nitrogen and oxygen atoms in total. The van der Waals surface area contributed by atoms with Crippen LogP contribution in [-0.2, 0) is 6.42 Å². The third-order valence-electron chi connectivity index (χ3n) is 4.51. The number of urea groups is 1. The van der Waals surface area contributed by atoms with Gasteiger partial charge in [-0.15, -0.1) is 0 Å². The highest BCUT2D eigenvalue weighted by Crippen LogP contribution is 2.25. The van der Waals surface area contributed by atoms with Crippen LogP contribution >= 0.6 is 0 Å². The average Bonchev–Trinajstić information content (AvgIpc) is 3.26. The number of carbonyl (C=O) groups is 1. The fourth-order valence-corrected chi connectivity index (χ4v) is 2.98. The van der Waals surface area contributed by atoms with Gasteiger partial charge in [-0.3, -0.25) is 0 Å². The summed E-state index contributed by atoms with van der Waals surface area (Å²) in [5.41, 5.74) is 4.55. The Kier molecular flexibility index (Phi) is 5.67. The lowest BCUT2D eigenvalue weighted by atomic mass is 10.1. The minimum absolute atomic E-state index is 0.226. The molecule has 3 aromatic carbocycles. The highest BCUT2D eigenvalue weighted by molar-refractivity contribution is 5.89. The van der Waals surface area contributed by atoms with Crippen molar-refractivity contribution in [3.8, 4) is 22.7 Å². The Morgan fingerprint density at radius 2 is 1.52 bits per heavy atom. The van der Waals surface area contributed by atoms with Gasteiger partial charge in [0.15, 0.2) is 0 Å². The van der Waals surface area contributed by atoms with Gasteiger partial charge >= 0.3 is 6.03 Å². The van der Waals surface area contributed by atoms with Gasteiger partial charge in [0.1, 0.15) is 12.0 Å². The molecular formula is C24H21N3O2. The fourth-order valence-electron chi connectivity index (χ4n) is 2.98. The molecular weight excluding hydrogens is 362 g/mol. The summed E-state index contributed by atoms with van der Waals surface area (Å²) in [6.45, 7) is 0.576. The molecule has 1 heterocycles. The van der Waals surface area contributed by atoms with Crippen molar-refractivity contribution in [2.45, 2.75) is 6.42 Å². The van der Waals surface area contributed by atoms with E-state index < -0.39 is 0 Å². The van der Waals surface area contributed by atoms with E-state index in [0.29, 0.717) is 18.1 Å². The Hall–Kier alpha value is -3.86. The first-order valence-corrected chi connectivity index (χ1v) is 9.48. The first-order valence-electron chi connectivity index (χ1n) is 9.48. The van der Waals surface area contributed by atoms with Gasteiger partial charge in [-0.05, 0) is 36.2 Å². The van der Waals surface area contributed by atoms with Gasteiger partial charge in [0, 0.05) is 23.4 Å². The van der Waals surface area contributed by atoms with Crippen LogP contribution in [0.15, 0.2) is 95.6 Å². The normalized spacial score (nSPS) is 10.5. The predicted molar refractivity (Wildman–Crippen MR) is 115 cm³/mol. The number of oxazole rings is 1. The molecule has 0 aliphatic heterocycles. The van der Waals surface area contributed by atoms with Crippen LogP contribution in [0, 0.1) is 0 Å². The lowest BCUT2D eigenvalue weighted by Gasteiger charge is -2.08. The van der Waals surface area contributed by atoms with Gasteiger partial charge in [-0.1, -0.05) is 60.7 Å². The van der Waals surface area contributed by atoms with Crippen molar-refractivity contribution in [1.29, 1.82) is 0 Å². The zero-order valence-electron chi connectivity index (χ0n) is 15.8. The van der Waals surface area contributed by atoms with E-state index in [1.165, 1.54) is 5.56 Å². The summed E-state index contributed by atoms with van der Waals surface area (Å²) in [5.74, 6) is 0.544. The molecule has 4 rings (SSSR count). The van der Waals surface area contributed by atoms with Gasteiger partial charge < -0.3 is 15.1 Å². The van der Waals surface area contributed by atoms with Gasteiger partial charge in [0.2, 0.25) is 5.89 Å². The quantitative estimate of drug-likeness (QED) is 0.470. The molecule has 0 spiro atoms. The third-order valence-corrected chi connectivity index (χ3v) is 4.51. The first-order chi connectivity index (χ1) is 14.3. The summed E-state index contributed by atoms with van der Waals surface area (Å²) < 4.78 is 5.61. The highest BCUT2D eigenvalue weighted by Gasteiger charge is 2.09. The number of hydrogen-bond donors (Lipinski definition) is 2. The molecule has 0 saturated carbocycles. The van der Waals surface area contributed by atoms with E-state index in [0.717, 1.165) is 23.2 Å². The minimum atomic E-state index is -0.226. The molecule has 1 aromatic heterocycles. The number of nitrogens with zero attached hydrogens (tertiary/aromatic N) is 1. The highest BCUT2D eigenvalue weighted by atomic mass is 16.3. The number of aromatic nitrogens is 1. The smallest absolute Gasteiger partial charge is 0.319 e. The van der Waals surface area contributed by atoms with E-state index in [4.69, 9.17) is 4.42 Å². The minimum Gasteiger partial charge on any atom is -0.444 e. The van der Waals surface area contributed by atoms with Crippen LogP contribution in [0.1, 0.15) is 5.56 Å². The van der Waals surface area contributed by atoms with Gasteiger partial charge in [0.05, 0.1) is 0 Å². The van der Waals surface area contributed by atoms with Crippen molar-refractivity contribution in [3.63, 3.8) is 0 Å². The fraction of sp³-hybridized carbons (Fsp3) is 0.0833. The first kappa shape index (κ1) is 18.5. The van der Waals surface area contributed by atoms with Gasteiger partial charge in [-0.2, -0.15) is 0 Å². The summed E-state index contributed by atoms with van der Waals surface area (Å²) in [6.07, 6.45) is 2.44. The van der Waals surface area contributed by atoms with Crippen LogP contribution < -0.4 is 10.6 Å². The second-order valence-corrected chi connectivity index (χ2v) is 6.60. The van der Waals surface area contributed by atoms with Crippen molar-refractivity contribution in [3.05, 3.63) is 96.8 Å². The van der Waals surface area contributed by atoms with E-state index in [1.807, 2.05) is 84.9 Å². The molecule has 0 aliphatic carbocycles. The number of anilines is 1. The molecule has 4 aromatic rings. The van der Waals surface area contributed by atoms with Crippen LogP contribution in [-0.4, -0.2) is 17.6 Å². The number of rotatable bonds is 6. The van der Waals surface area contributed by atoms with Crippen LogP contribution in [0.3, 0.4) is 0 Å². The lowest BCUT2D eigenvalue weighted by Crippen LogP contribution is -2.30. The van der Waals surface area contributed by atoms with Crippen molar-refractivity contribution < 1.29 is 9.21 Å². The summed E-state index contributed by atoms with van der Waals surface area (Å²) in [6, 6.07) is 27.1. The van der Waals surface area contributed by atoms with Gasteiger partial charge in [-0.25, -0.2) is 9.78 Å². The summed E-state index contributed by atoms with van der Waals surface area (Å²) in [5, 5.41) is 5.70. The summed E-state index contributed by atoms with van der Waals surface area (Å²) >= 11 is 0. The standard InChI is InChI=1S/C24H21N3O2/c28-24(25-16-15-18-7-3-1-4-8-18)26-21-13-11-20(12-14-21)23-27-22(17-29-23)19-9-5-2-6-10-19/h1-14,17H,15-16H2,(H2,25,26,28). The maximum atomic E-state index is 12.1. The molecule has 29 heavy (non-hydrogen) atoms. The van der Waals surface area contributed by atoms with Crippen LogP contribution in [0.2, 0.25) is 0 Å². The average molecular weight is 383 g/mol. The molecule has 5 heteroatoms. The van der Waals surface area contributed by atoms with E-state index >= 15 is 0 Å². The molecule has 0 atom stereocenters.